The van der Waals surface area contributed by atoms with Crippen molar-refractivity contribution in [1.82, 2.24) is 0 Å². The zero-order valence-corrected chi connectivity index (χ0v) is 9.01. The first-order chi connectivity index (χ1) is 7.65. The SMILES string of the molecule is CCN1CC(C(=O)O)C(=O)c2ccccc21. The second-order valence-corrected chi connectivity index (χ2v) is 3.81. The van der Waals surface area contributed by atoms with Crippen LogP contribution in [0.2, 0.25) is 0 Å². The number of para-hydroxylation sites is 1. The summed E-state index contributed by atoms with van der Waals surface area (Å²) in [4.78, 5) is 24.8. The number of carbonyl (C=O) groups excluding carboxylic acids is 1. The van der Waals surface area contributed by atoms with Crippen molar-refractivity contribution in [3.63, 3.8) is 0 Å². The highest BCUT2D eigenvalue weighted by molar-refractivity contribution is 6.13. The topological polar surface area (TPSA) is 57.6 Å². The summed E-state index contributed by atoms with van der Waals surface area (Å²) >= 11 is 0. The number of carboxylic acids is 1. The normalized spacial score (nSPS) is 19.4. The van der Waals surface area contributed by atoms with E-state index < -0.39 is 11.9 Å². The highest BCUT2D eigenvalue weighted by atomic mass is 16.4. The Morgan fingerprint density at radius 2 is 2.19 bits per heavy atom. The van der Waals surface area contributed by atoms with Gasteiger partial charge in [0.15, 0.2) is 5.78 Å². The molecule has 0 radical (unpaired) electrons. The Balaban J connectivity index is 2.48. The molecule has 2 rings (SSSR count). The first-order valence-electron chi connectivity index (χ1n) is 5.26. The number of hydrogen-bond donors (Lipinski definition) is 1. The van der Waals surface area contributed by atoms with Gasteiger partial charge in [-0.05, 0) is 19.1 Å². The van der Waals surface area contributed by atoms with E-state index in [1.54, 1.807) is 12.1 Å². The van der Waals surface area contributed by atoms with Crippen molar-refractivity contribution in [2.75, 3.05) is 18.0 Å². The van der Waals surface area contributed by atoms with E-state index in [2.05, 4.69) is 0 Å². The highest BCUT2D eigenvalue weighted by Gasteiger charge is 2.35. The maximum absolute atomic E-state index is 11.9. The average Bonchev–Trinajstić information content (AvgIpc) is 2.29. The quantitative estimate of drug-likeness (QED) is 0.764. The molecule has 0 aliphatic carbocycles. The van der Waals surface area contributed by atoms with Gasteiger partial charge in [-0.15, -0.1) is 0 Å². The third-order valence-electron chi connectivity index (χ3n) is 2.91. The first-order valence-corrected chi connectivity index (χ1v) is 5.26. The van der Waals surface area contributed by atoms with Gasteiger partial charge in [-0.1, -0.05) is 12.1 Å². The minimum absolute atomic E-state index is 0.266. The lowest BCUT2D eigenvalue weighted by atomic mass is 9.91. The van der Waals surface area contributed by atoms with Gasteiger partial charge in [-0.2, -0.15) is 0 Å². The van der Waals surface area contributed by atoms with Crippen LogP contribution in [0.25, 0.3) is 0 Å². The molecule has 16 heavy (non-hydrogen) atoms. The lowest BCUT2D eigenvalue weighted by Gasteiger charge is -2.32. The van der Waals surface area contributed by atoms with Crippen molar-refractivity contribution in [3.05, 3.63) is 29.8 Å². The minimum atomic E-state index is -1.04. The van der Waals surface area contributed by atoms with Crippen LogP contribution >= 0.6 is 0 Å². The van der Waals surface area contributed by atoms with Crippen LogP contribution in [0.4, 0.5) is 5.69 Å². The number of fused-ring (bicyclic) bond motifs is 1. The van der Waals surface area contributed by atoms with E-state index >= 15 is 0 Å². The van der Waals surface area contributed by atoms with Gasteiger partial charge >= 0.3 is 5.97 Å². The number of benzene rings is 1. The Kier molecular flexibility index (Phi) is 2.64. The van der Waals surface area contributed by atoms with Crippen molar-refractivity contribution >= 4 is 17.4 Å². The molecule has 4 heteroatoms. The molecule has 1 atom stereocenters. The van der Waals surface area contributed by atoms with Gasteiger partial charge in [0.25, 0.3) is 0 Å². The Morgan fingerprint density at radius 1 is 1.50 bits per heavy atom. The van der Waals surface area contributed by atoms with Gasteiger partial charge in [-0.25, -0.2) is 0 Å². The number of rotatable bonds is 2. The number of carboxylic acid groups (broad SMARTS) is 1. The maximum Gasteiger partial charge on any atom is 0.316 e. The van der Waals surface area contributed by atoms with E-state index in [0.29, 0.717) is 12.1 Å². The van der Waals surface area contributed by atoms with E-state index in [1.807, 2.05) is 24.0 Å². The predicted octanol–water partition coefficient (Wildman–Crippen LogP) is 1.41. The number of anilines is 1. The smallest absolute Gasteiger partial charge is 0.316 e. The molecule has 0 bridgehead atoms. The van der Waals surface area contributed by atoms with Gasteiger partial charge in [0, 0.05) is 24.3 Å². The van der Waals surface area contributed by atoms with Crippen molar-refractivity contribution in [2.45, 2.75) is 6.92 Å². The lowest BCUT2D eigenvalue weighted by molar-refractivity contribution is -0.139. The monoisotopic (exact) mass is 219 g/mol. The van der Waals surface area contributed by atoms with Gasteiger partial charge < -0.3 is 10.0 Å². The molecule has 1 N–H and O–H groups in total. The molecule has 1 aliphatic heterocycles. The van der Waals surface area contributed by atoms with Gasteiger partial charge in [0.1, 0.15) is 5.92 Å². The van der Waals surface area contributed by atoms with Crippen LogP contribution in [-0.4, -0.2) is 29.9 Å². The molecule has 84 valence electrons. The lowest BCUT2D eigenvalue weighted by Crippen LogP contribution is -2.42. The zero-order chi connectivity index (χ0) is 11.7. The largest absolute Gasteiger partial charge is 0.481 e. The molecular formula is C12H13NO3. The molecule has 4 nitrogen and oxygen atoms in total. The second kappa shape index (κ2) is 3.96. The van der Waals surface area contributed by atoms with Crippen molar-refractivity contribution in [2.24, 2.45) is 5.92 Å². The standard InChI is InChI=1S/C12H13NO3/c1-2-13-7-9(12(15)16)11(14)8-5-3-4-6-10(8)13/h3-6,9H,2,7H2,1H3,(H,15,16). The van der Waals surface area contributed by atoms with Crippen molar-refractivity contribution in [1.29, 1.82) is 0 Å². The summed E-state index contributed by atoms with van der Waals surface area (Å²) in [5, 5.41) is 9.00. The van der Waals surface area contributed by atoms with Crippen LogP contribution in [-0.2, 0) is 4.79 Å². The molecule has 0 spiro atoms. The van der Waals surface area contributed by atoms with Crippen LogP contribution in [0.5, 0.6) is 0 Å². The summed E-state index contributed by atoms with van der Waals surface area (Å²) < 4.78 is 0. The molecule has 1 unspecified atom stereocenters. The van der Waals surface area contributed by atoms with Crippen LogP contribution in [0.3, 0.4) is 0 Å². The van der Waals surface area contributed by atoms with E-state index in [-0.39, 0.29) is 12.3 Å². The number of hydrogen-bond acceptors (Lipinski definition) is 3. The molecule has 0 fully saturated rings. The second-order valence-electron chi connectivity index (χ2n) is 3.81. The molecule has 0 saturated carbocycles. The fourth-order valence-electron chi connectivity index (χ4n) is 2.04. The average molecular weight is 219 g/mol. The van der Waals surface area contributed by atoms with Crippen LogP contribution in [0, 0.1) is 5.92 Å². The third-order valence-corrected chi connectivity index (χ3v) is 2.91. The summed E-state index contributed by atoms with van der Waals surface area (Å²) in [5.74, 6) is -2.26. The Morgan fingerprint density at radius 3 is 2.81 bits per heavy atom. The molecule has 0 saturated heterocycles. The Hall–Kier alpha value is -1.84. The van der Waals surface area contributed by atoms with Crippen LogP contribution in [0.1, 0.15) is 17.3 Å². The number of carbonyl (C=O) groups is 2. The molecule has 1 heterocycles. The Labute approximate surface area is 93.5 Å². The Bertz CT molecular complexity index is 442. The number of nitrogens with zero attached hydrogens (tertiary/aromatic N) is 1. The fraction of sp³-hybridized carbons (Fsp3) is 0.333. The van der Waals surface area contributed by atoms with Crippen molar-refractivity contribution in [3.8, 4) is 0 Å². The number of Topliss-reactive ketones (excluding diaryl/α,β-unsaturated/α-hetero) is 1. The summed E-state index contributed by atoms with van der Waals surface area (Å²) in [5.41, 5.74) is 1.36. The number of ketones is 1. The molecule has 0 aromatic heterocycles. The first kappa shape index (κ1) is 10.7. The summed E-state index contributed by atoms with van der Waals surface area (Å²) in [7, 11) is 0. The summed E-state index contributed by atoms with van der Waals surface area (Å²) in [6.45, 7) is 2.92. The molecule has 1 aromatic carbocycles. The van der Waals surface area contributed by atoms with E-state index in [0.717, 1.165) is 5.69 Å². The zero-order valence-electron chi connectivity index (χ0n) is 9.01. The number of aliphatic carboxylic acids is 1. The summed E-state index contributed by atoms with van der Waals surface area (Å²) in [6.07, 6.45) is 0. The van der Waals surface area contributed by atoms with Gasteiger partial charge in [0.05, 0.1) is 0 Å². The van der Waals surface area contributed by atoms with Gasteiger partial charge in [-0.3, -0.25) is 9.59 Å². The molecule has 1 aliphatic rings. The minimum Gasteiger partial charge on any atom is -0.481 e. The summed E-state index contributed by atoms with van der Waals surface area (Å²) in [6, 6.07) is 7.16. The van der Waals surface area contributed by atoms with Crippen LogP contribution < -0.4 is 4.90 Å². The molecule has 1 aromatic rings. The predicted molar refractivity (Wildman–Crippen MR) is 59.8 cm³/mol. The van der Waals surface area contributed by atoms with E-state index in [4.69, 9.17) is 5.11 Å². The third kappa shape index (κ3) is 1.56. The van der Waals surface area contributed by atoms with Gasteiger partial charge in [0.2, 0.25) is 0 Å². The van der Waals surface area contributed by atoms with Crippen LogP contribution in [0.15, 0.2) is 24.3 Å². The maximum atomic E-state index is 11.9. The highest BCUT2D eigenvalue weighted by Crippen LogP contribution is 2.29. The van der Waals surface area contributed by atoms with Crippen molar-refractivity contribution < 1.29 is 14.7 Å². The van der Waals surface area contributed by atoms with E-state index in [9.17, 15) is 9.59 Å². The van der Waals surface area contributed by atoms with E-state index in [1.165, 1.54) is 0 Å². The molecular weight excluding hydrogens is 206 g/mol. The fourth-order valence-corrected chi connectivity index (χ4v) is 2.04. The molecule has 0 amide bonds.